The fourth-order valence-corrected chi connectivity index (χ4v) is 9.24. The van der Waals surface area contributed by atoms with Gasteiger partial charge < -0.3 is 20.4 Å². The van der Waals surface area contributed by atoms with Crippen molar-refractivity contribution < 1.29 is 20.4 Å². The molecule has 0 atom stereocenters. The SMILES string of the molecule is Cc1cc(C(c2ccc(-c3ccc(-c4ccc(C(c5cc(C)c(O)c(C)c5C)c5cc(C)c(O)c(C)c5C)cc4)cc3)cc2)c2cc(C)c(O)c(C)c2C)c(C)c(C)c1O. The molecule has 7 aromatic carbocycles. The molecule has 0 aliphatic rings. The Labute approximate surface area is 356 Å². The van der Waals surface area contributed by atoms with Crippen LogP contribution >= 0.6 is 0 Å². The number of rotatable bonds is 8. The summed E-state index contributed by atoms with van der Waals surface area (Å²) in [6.45, 7) is 24.1. The Morgan fingerprint density at radius 1 is 0.267 bits per heavy atom. The lowest BCUT2D eigenvalue weighted by molar-refractivity contribution is 0.465. The predicted octanol–water partition coefficient (Wildman–Crippen LogP) is 13.9. The van der Waals surface area contributed by atoms with Crippen molar-refractivity contribution in [3.8, 4) is 45.3 Å². The molecule has 0 radical (unpaired) electrons. The molecule has 4 heteroatoms. The van der Waals surface area contributed by atoms with Crippen molar-refractivity contribution in [1.29, 1.82) is 0 Å². The quantitative estimate of drug-likeness (QED) is 0.116. The Kier molecular flexibility index (Phi) is 11.2. The molecule has 0 unspecified atom stereocenters. The van der Waals surface area contributed by atoms with Crippen LogP contribution in [0.4, 0.5) is 0 Å². The van der Waals surface area contributed by atoms with Crippen molar-refractivity contribution in [2.75, 3.05) is 0 Å². The van der Waals surface area contributed by atoms with Gasteiger partial charge in [0.2, 0.25) is 0 Å². The lowest BCUT2D eigenvalue weighted by Gasteiger charge is -2.26. The van der Waals surface area contributed by atoms with E-state index in [4.69, 9.17) is 0 Å². The highest BCUT2D eigenvalue weighted by molar-refractivity contribution is 5.72. The van der Waals surface area contributed by atoms with Gasteiger partial charge >= 0.3 is 0 Å². The molecule has 306 valence electrons. The predicted molar refractivity (Wildman–Crippen MR) is 248 cm³/mol. The van der Waals surface area contributed by atoms with Crippen LogP contribution in [-0.2, 0) is 0 Å². The zero-order valence-electron chi connectivity index (χ0n) is 37.2. The van der Waals surface area contributed by atoms with Gasteiger partial charge in [0.05, 0.1) is 0 Å². The van der Waals surface area contributed by atoms with Gasteiger partial charge in [0.25, 0.3) is 0 Å². The molecule has 0 aliphatic heterocycles. The van der Waals surface area contributed by atoms with Gasteiger partial charge in [-0.15, -0.1) is 0 Å². The minimum Gasteiger partial charge on any atom is -0.507 e. The van der Waals surface area contributed by atoms with Crippen molar-refractivity contribution in [2.24, 2.45) is 0 Å². The minimum absolute atomic E-state index is 0.0861. The number of phenolic OH excluding ortho intramolecular Hbond substituents is 4. The summed E-state index contributed by atoms with van der Waals surface area (Å²) in [5.74, 6) is 1.19. The van der Waals surface area contributed by atoms with Crippen LogP contribution in [-0.4, -0.2) is 20.4 Å². The largest absolute Gasteiger partial charge is 0.507 e. The first-order chi connectivity index (χ1) is 28.4. The molecule has 0 aliphatic carbocycles. The van der Waals surface area contributed by atoms with Crippen LogP contribution in [0, 0.1) is 83.1 Å². The van der Waals surface area contributed by atoms with Gasteiger partial charge in [-0.25, -0.2) is 0 Å². The lowest BCUT2D eigenvalue weighted by Crippen LogP contribution is -2.10. The summed E-state index contributed by atoms with van der Waals surface area (Å²) in [5, 5.41) is 43.2. The van der Waals surface area contributed by atoms with E-state index < -0.39 is 0 Å². The van der Waals surface area contributed by atoms with E-state index in [1.165, 1.54) is 0 Å². The second-order valence-electron chi connectivity index (χ2n) is 17.2. The zero-order chi connectivity index (χ0) is 43.5. The Morgan fingerprint density at radius 3 is 0.650 bits per heavy atom. The van der Waals surface area contributed by atoms with Gasteiger partial charge in [-0.3, -0.25) is 0 Å². The fourth-order valence-electron chi connectivity index (χ4n) is 9.24. The molecule has 4 N–H and O–H groups in total. The summed E-state index contributed by atoms with van der Waals surface area (Å²) in [7, 11) is 0. The lowest BCUT2D eigenvalue weighted by atomic mass is 9.78. The van der Waals surface area contributed by atoms with E-state index in [0.29, 0.717) is 23.0 Å². The number of hydrogen-bond donors (Lipinski definition) is 4. The van der Waals surface area contributed by atoms with Gasteiger partial charge in [0.15, 0.2) is 0 Å². The third kappa shape index (κ3) is 7.23. The zero-order valence-corrected chi connectivity index (χ0v) is 37.2. The molecule has 4 nitrogen and oxygen atoms in total. The summed E-state index contributed by atoms with van der Waals surface area (Å²) in [5.41, 5.74) is 22.6. The van der Waals surface area contributed by atoms with Gasteiger partial charge in [0.1, 0.15) is 23.0 Å². The molecule has 0 amide bonds. The van der Waals surface area contributed by atoms with E-state index in [2.05, 4.69) is 125 Å². The van der Waals surface area contributed by atoms with E-state index in [9.17, 15) is 20.4 Å². The first kappa shape index (κ1) is 41.9. The third-order valence-electron chi connectivity index (χ3n) is 13.7. The molecule has 0 spiro atoms. The number of benzene rings is 7. The van der Waals surface area contributed by atoms with Crippen LogP contribution in [0.25, 0.3) is 22.3 Å². The highest BCUT2D eigenvalue weighted by atomic mass is 16.3. The molecule has 7 rings (SSSR count). The van der Waals surface area contributed by atoms with E-state index in [1.54, 1.807) is 0 Å². The number of aromatic hydroxyl groups is 4. The summed E-state index contributed by atoms with van der Waals surface area (Å²) in [4.78, 5) is 0. The molecule has 0 saturated heterocycles. The highest BCUT2D eigenvalue weighted by Crippen LogP contribution is 2.45. The Hall–Kier alpha value is -6.26. The third-order valence-corrected chi connectivity index (χ3v) is 13.7. The van der Waals surface area contributed by atoms with Crippen LogP contribution in [0.3, 0.4) is 0 Å². The van der Waals surface area contributed by atoms with E-state index >= 15 is 0 Å². The van der Waals surface area contributed by atoms with Gasteiger partial charge in [-0.05, 0) is 205 Å². The second-order valence-corrected chi connectivity index (χ2v) is 17.2. The number of aryl methyl sites for hydroxylation is 4. The first-order valence-corrected chi connectivity index (χ1v) is 20.9. The normalized spacial score (nSPS) is 11.6. The van der Waals surface area contributed by atoms with Gasteiger partial charge in [-0.2, -0.15) is 0 Å². The van der Waals surface area contributed by atoms with Gasteiger partial charge in [0, 0.05) is 11.8 Å². The molecule has 0 heterocycles. The molecule has 0 aromatic heterocycles. The average Bonchev–Trinajstić information content (AvgIpc) is 3.25. The summed E-state index contributed by atoms with van der Waals surface area (Å²) in [6, 6.07) is 34.8. The van der Waals surface area contributed by atoms with Crippen LogP contribution < -0.4 is 0 Å². The monoisotopic (exact) mass is 794 g/mol. The fraction of sp³-hybridized carbons (Fsp3) is 0.250. The van der Waals surface area contributed by atoms with E-state index in [1.807, 2.05) is 55.4 Å². The number of hydrogen-bond acceptors (Lipinski definition) is 4. The average molecular weight is 795 g/mol. The van der Waals surface area contributed by atoms with Crippen LogP contribution in [0.5, 0.6) is 23.0 Å². The maximum Gasteiger partial charge on any atom is 0.121 e. The maximum absolute atomic E-state index is 10.8. The topological polar surface area (TPSA) is 80.9 Å². The van der Waals surface area contributed by atoms with Crippen molar-refractivity contribution in [2.45, 2.75) is 94.9 Å². The van der Waals surface area contributed by atoms with Crippen LogP contribution in [0.2, 0.25) is 0 Å². The van der Waals surface area contributed by atoms with Gasteiger partial charge in [-0.1, -0.05) is 97.1 Å². The molecular weight excluding hydrogens is 737 g/mol. The molecule has 0 saturated carbocycles. The minimum atomic E-state index is -0.0861. The Balaban J connectivity index is 1.23. The Bertz CT molecular complexity index is 2470. The summed E-state index contributed by atoms with van der Waals surface area (Å²) in [6.07, 6.45) is 0. The van der Waals surface area contributed by atoms with Crippen molar-refractivity contribution in [1.82, 2.24) is 0 Å². The molecule has 0 fully saturated rings. The number of phenols is 4. The van der Waals surface area contributed by atoms with E-state index in [0.717, 1.165) is 122 Å². The molecule has 0 bridgehead atoms. The maximum atomic E-state index is 10.8. The first-order valence-electron chi connectivity index (χ1n) is 20.9. The Morgan fingerprint density at radius 2 is 0.450 bits per heavy atom. The summed E-state index contributed by atoms with van der Waals surface area (Å²) < 4.78 is 0. The summed E-state index contributed by atoms with van der Waals surface area (Å²) >= 11 is 0. The van der Waals surface area contributed by atoms with Crippen LogP contribution in [0.15, 0.2) is 97.1 Å². The highest BCUT2D eigenvalue weighted by Gasteiger charge is 2.27. The molecular formula is C56H58O4. The van der Waals surface area contributed by atoms with E-state index in [-0.39, 0.29) is 11.8 Å². The van der Waals surface area contributed by atoms with Crippen molar-refractivity contribution in [3.63, 3.8) is 0 Å². The van der Waals surface area contributed by atoms with Crippen molar-refractivity contribution in [3.05, 3.63) is 197 Å². The standard InChI is InChI=1S/C56H58O4/c1-29-25-47(33(5)37(9)53(29)57)51(48-26-30(2)54(58)38(10)34(48)6)45-21-17-43(18-22-45)41-13-15-42(16-14-41)44-19-23-46(24-20-44)52(49-27-31(3)55(59)39(11)35(49)7)50-28-32(4)56(60)40(12)36(50)8/h13-28,51-52,57-60H,1-12H3. The molecule has 60 heavy (non-hydrogen) atoms. The van der Waals surface area contributed by atoms with Crippen LogP contribution in [0.1, 0.15) is 112 Å². The molecule has 7 aromatic rings. The second kappa shape index (κ2) is 16.1. The van der Waals surface area contributed by atoms with Crippen molar-refractivity contribution >= 4 is 0 Å². The smallest absolute Gasteiger partial charge is 0.121 e.